The highest BCUT2D eigenvalue weighted by atomic mass is 35.5. The molecule has 2 rings (SSSR count). The van der Waals surface area contributed by atoms with E-state index in [1.54, 1.807) is 10.9 Å². The molecule has 1 aromatic heterocycles. The summed E-state index contributed by atoms with van der Waals surface area (Å²) in [6.45, 7) is 6.70. The lowest BCUT2D eigenvalue weighted by atomic mass is 10.0. The molecule has 0 fully saturated rings. The number of anilines is 1. The SMILES string of the molecule is CCc1ccc(Cl)c(CC)c1NC(=O)C(=O)NCc1nncn1CC. The molecule has 1 heterocycles. The number of hydrogen-bond acceptors (Lipinski definition) is 4. The Morgan fingerprint density at radius 2 is 1.92 bits per heavy atom. The van der Waals surface area contributed by atoms with Gasteiger partial charge >= 0.3 is 11.8 Å². The Hall–Kier alpha value is -2.41. The van der Waals surface area contributed by atoms with Crippen LogP contribution in [0.2, 0.25) is 5.02 Å². The van der Waals surface area contributed by atoms with E-state index in [1.165, 1.54) is 0 Å². The molecule has 2 aromatic rings. The van der Waals surface area contributed by atoms with Crippen molar-refractivity contribution < 1.29 is 9.59 Å². The molecule has 8 heteroatoms. The average Bonchev–Trinajstić information content (AvgIpc) is 3.07. The van der Waals surface area contributed by atoms with Crippen molar-refractivity contribution in [2.24, 2.45) is 0 Å². The number of hydrogen-bond donors (Lipinski definition) is 2. The van der Waals surface area contributed by atoms with Crippen molar-refractivity contribution in [1.82, 2.24) is 20.1 Å². The number of aromatic nitrogens is 3. The first kappa shape index (κ1) is 18.9. The second kappa shape index (κ2) is 8.62. The number of benzene rings is 1. The second-order valence-corrected chi connectivity index (χ2v) is 5.84. The fraction of sp³-hybridized carbons (Fsp3) is 0.412. The first-order valence-corrected chi connectivity index (χ1v) is 8.65. The third-order valence-electron chi connectivity index (χ3n) is 3.96. The van der Waals surface area contributed by atoms with E-state index >= 15 is 0 Å². The molecule has 25 heavy (non-hydrogen) atoms. The topological polar surface area (TPSA) is 88.9 Å². The van der Waals surface area contributed by atoms with Gasteiger partial charge in [-0.1, -0.05) is 31.5 Å². The van der Waals surface area contributed by atoms with Gasteiger partial charge in [0.25, 0.3) is 0 Å². The molecule has 0 atom stereocenters. The summed E-state index contributed by atoms with van der Waals surface area (Å²) < 4.78 is 1.79. The van der Waals surface area contributed by atoms with Crippen molar-refractivity contribution in [2.75, 3.05) is 5.32 Å². The molecule has 0 bridgehead atoms. The quantitative estimate of drug-likeness (QED) is 0.771. The van der Waals surface area contributed by atoms with Crippen LogP contribution in [0.3, 0.4) is 0 Å². The van der Waals surface area contributed by atoms with Gasteiger partial charge in [-0.2, -0.15) is 0 Å². The lowest BCUT2D eigenvalue weighted by Gasteiger charge is -2.15. The Labute approximate surface area is 151 Å². The minimum absolute atomic E-state index is 0.136. The third-order valence-corrected chi connectivity index (χ3v) is 4.32. The van der Waals surface area contributed by atoms with Gasteiger partial charge in [0.15, 0.2) is 5.82 Å². The van der Waals surface area contributed by atoms with Crippen LogP contribution in [0.1, 0.15) is 37.7 Å². The summed E-state index contributed by atoms with van der Waals surface area (Å²) in [5.41, 5.74) is 2.38. The maximum absolute atomic E-state index is 12.3. The molecular formula is C17H22ClN5O2. The average molecular weight is 364 g/mol. The maximum atomic E-state index is 12.3. The molecule has 1 aromatic carbocycles. The summed E-state index contributed by atoms with van der Waals surface area (Å²) in [5.74, 6) is -0.862. The van der Waals surface area contributed by atoms with E-state index in [1.807, 2.05) is 32.9 Å². The normalized spacial score (nSPS) is 10.6. The second-order valence-electron chi connectivity index (χ2n) is 5.44. The number of amides is 2. The standard InChI is InChI=1S/C17H22ClN5O2/c1-4-11-7-8-13(18)12(5-2)15(11)21-17(25)16(24)19-9-14-22-20-10-23(14)6-3/h7-8,10H,4-6,9H2,1-3H3,(H,19,24)(H,21,25). The van der Waals surface area contributed by atoms with Gasteiger partial charge in [-0.25, -0.2) is 0 Å². The number of carbonyl (C=O) groups excluding carboxylic acids is 2. The van der Waals surface area contributed by atoms with Gasteiger partial charge in [-0.3, -0.25) is 9.59 Å². The zero-order chi connectivity index (χ0) is 18.4. The Morgan fingerprint density at radius 1 is 1.16 bits per heavy atom. The number of nitrogens with one attached hydrogen (secondary N) is 2. The minimum atomic E-state index is -0.728. The molecule has 0 aliphatic carbocycles. The van der Waals surface area contributed by atoms with Crippen molar-refractivity contribution in [3.8, 4) is 0 Å². The van der Waals surface area contributed by atoms with Crippen LogP contribution >= 0.6 is 11.6 Å². The summed E-state index contributed by atoms with van der Waals surface area (Å²) in [7, 11) is 0. The fourth-order valence-corrected chi connectivity index (χ4v) is 2.85. The van der Waals surface area contributed by atoms with Gasteiger partial charge in [0, 0.05) is 17.3 Å². The smallest absolute Gasteiger partial charge is 0.313 e. The molecule has 2 N–H and O–H groups in total. The number of halogens is 1. The monoisotopic (exact) mass is 363 g/mol. The van der Waals surface area contributed by atoms with Crippen LogP contribution < -0.4 is 10.6 Å². The van der Waals surface area contributed by atoms with E-state index in [-0.39, 0.29) is 6.54 Å². The van der Waals surface area contributed by atoms with Crippen LogP contribution in [0.15, 0.2) is 18.5 Å². The zero-order valence-corrected chi connectivity index (χ0v) is 15.4. The number of carbonyl (C=O) groups is 2. The van der Waals surface area contributed by atoms with Crippen LogP contribution in [0.4, 0.5) is 5.69 Å². The van der Waals surface area contributed by atoms with E-state index in [9.17, 15) is 9.59 Å². The van der Waals surface area contributed by atoms with Gasteiger partial charge in [0.2, 0.25) is 0 Å². The molecular weight excluding hydrogens is 342 g/mol. The molecule has 0 unspecified atom stereocenters. The van der Waals surface area contributed by atoms with E-state index in [2.05, 4.69) is 20.8 Å². The maximum Gasteiger partial charge on any atom is 0.313 e. The number of rotatable bonds is 6. The number of aryl methyl sites for hydroxylation is 2. The highest BCUT2D eigenvalue weighted by Crippen LogP contribution is 2.29. The predicted octanol–water partition coefficient (Wildman–Crippen LogP) is 2.33. The summed E-state index contributed by atoms with van der Waals surface area (Å²) >= 11 is 6.21. The van der Waals surface area contributed by atoms with Crippen molar-refractivity contribution >= 4 is 29.1 Å². The van der Waals surface area contributed by atoms with Gasteiger partial charge in [-0.15, -0.1) is 10.2 Å². The van der Waals surface area contributed by atoms with Crippen LogP contribution in [-0.2, 0) is 35.5 Å². The zero-order valence-electron chi connectivity index (χ0n) is 14.6. The van der Waals surface area contributed by atoms with E-state index in [0.29, 0.717) is 29.5 Å². The van der Waals surface area contributed by atoms with Crippen LogP contribution in [-0.4, -0.2) is 26.6 Å². The highest BCUT2D eigenvalue weighted by molar-refractivity contribution is 6.40. The van der Waals surface area contributed by atoms with Gasteiger partial charge < -0.3 is 15.2 Å². The van der Waals surface area contributed by atoms with Gasteiger partial charge in [-0.05, 0) is 37.0 Å². The Morgan fingerprint density at radius 3 is 2.56 bits per heavy atom. The molecule has 0 spiro atoms. The molecule has 0 aliphatic heterocycles. The Balaban J connectivity index is 2.09. The molecule has 134 valence electrons. The molecule has 0 saturated heterocycles. The van der Waals surface area contributed by atoms with Crippen molar-refractivity contribution in [3.05, 3.63) is 40.4 Å². The Kier molecular flexibility index (Phi) is 6.52. The summed E-state index contributed by atoms with van der Waals surface area (Å²) in [4.78, 5) is 24.4. The van der Waals surface area contributed by atoms with Crippen molar-refractivity contribution in [1.29, 1.82) is 0 Å². The van der Waals surface area contributed by atoms with Crippen LogP contribution in [0, 0.1) is 0 Å². The van der Waals surface area contributed by atoms with E-state index in [4.69, 9.17) is 11.6 Å². The van der Waals surface area contributed by atoms with Gasteiger partial charge in [0.1, 0.15) is 6.33 Å². The molecule has 0 radical (unpaired) electrons. The molecule has 0 saturated carbocycles. The minimum Gasteiger partial charge on any atom is -0.341 e. The number of nitrogens with zero attached hydrogens (tertiary/aromatic N) is 3. The first-order valence-electron chi connectivity index (χ1n) is 8.27. The molecule has 7 nitrogen and oxygen atoms in total. The lowest BCUT2D eigenvalue weighted by Crippen LogP contribution is -2.36. The first-order chi connectivity index (χ1) is 12.0. The summed E-state index contributed by atoms with van der Waals surface area (Å²) in [6, 6.07) is 3.67. The highest BCUT2D eigenvalue weighted by Gasteiger charge is 2.19. The summed E-state index contributed by atoms with van der Waals surface area (Å²) in [5, 5.41) is 13.5. The van der Waals surface area contributed by atoms with E-state index in [0.717, 1.165) is 17.5 Å². The van der Waals surface area contributed by atoms with E-state index < -0.39 is 11.8 Å². The summed E-state index contributed by atoms with van der Waals surface area (Å²) in [6.07, 6.45) is 2.96. The van der Waals surface area contributed by atoms with Crippen LogP contribution in [0.5, 0.6) is 0 Å². The lowest BCUT2D eigenvalue weighted by molar-refractivity contribution is -0.136. The fourth-order valence-electron chi connectivity index (χ4n) is 2.56. The predicted molar refractivity (Wildman–Crippen MR) is 96.4 cm³/mol. The largest absolute Gasteiger partial charge is 0.341 e. The van der Waals surface area contributed by atoms with Crippen LogP contribution in [0.25, 0.3) is 0 Å². The van der Waals surface area contributed by atoms with Crippen molar-refractivity contribution in [2.45, 2.75) is 46.7 Å². The third kappa shape index (κ3) is 4.36. The van der Waals surface area contributed by atoms with Gasteiger partial charge in [0.05, 0.1) is 6.54 Å². The molecule has 2 amide bonds. The molecule has 0 aliphatic rings. The Bertz CT molecular complexity index is 772. The van der Waals surface area contributed by atoms with Crippen molar-refractivity contribution in [3.63, 3.8) is 0 Å².